The van der Waals surface area contributed by atoms with Crippen LogP contribution in [0.4, 0.5) is 0 Å². The van der Waals surface area contributed by atoms with Crippen LogP contribution < -0.4 is 11.5 Å². The van der Waals surface area contributed by atoms with Crippen molar-refractivity contribution < 1.29 is 9.59 Å². The van der Waals surface area contributed by atoms with E-state index in [1.807, 2.05) is 18.2 Å². The zero-order chi connectivity index (χ0) is 16.8. The van der Waals surface area contributed by atoms with E-state index in [0.717, 1.165) is 19.3 Å². The van der Waals surface area contributed by atoms with Crippen LogP contribution in [0.25, 0.3) is 0 Å². The largest absolute Gasteiger partial charge is 0.370 e. The smallest absolute Gasteiger partial charge is 0.234 e. The minimum absolute atomic E-state index is 0.0144. The molecule has 1 aromatic rings. The molecule has 1 heterocycles. The summed E-state index contributed by atoms with van der Waals surface area (Å²) in [6.07, 6.45) is 3.09. The van der Waals surface area contributed by atoms with Crippen molar-refractivity contribution in [2.75, 3.05) is 6.54 Å². The Morgan fingerprint density at radius 2 is 1.91 bits per heavy atom. The minimum Gasteiger partial charge on any atom is -0.370 e. The maximum Gasteiger partial charge on any atom is 0.234 e. The number of rotatable bonds is 7. The van der Waals surface area contributed by atoms with Crippen LogP contribution >= 0.6 is 0 Å². The fourth-order valence-electron chi connectivity index (χ4n) is 3.12. The lowest BCUT2D eigenvalue weighted by Gasteiger charge is -2.45. The fourth-order valence-corrected chi connectivity index (χ4v) is 3.12. The zero-order valence-corrected chi connectivity index (χ0v) is 13.4. The summed E-state index contributed by atoms with van der Waals surface area (Å²) in [6.45, 7) is 1.96. The molecule has 1 fully saturated rings. The van der Waals surface area contributed by atoms with Crippen LogP contribution in [0.1, 0.15) is 31.7 Å². The Hall–Kier alpha value is -2.37. The van der Waals surface area contributed by atoms with E-state index in [4.69, 9.17) is 11.5 Å². The molecule has 0 aromatic heterocycles. The fraction of sp³-hybridized carbons (Fsp3) is 0.471. The summed E-state index contributed by atoms with van der Waals surface area (Å²) in [7, 11) is 0. The number of guanidine groups is 1. The van der Waals surface area contributed by atoms with Crippen molar-refractivity contribution in [1.29, 1.82) is 0 Å². The molecule has 6 heteroatoms. The van der Waals surface area contributed by atoms with Gasteiger partial charge in [0.05, 0.1) is 12.0 Å². The summed E-state index contributed by atoms with van der Waals surface area (Å²) in [4.78, 5) is 29.2. The summed E-state index contributed by atoms with van der Waals surface area (Å²) in [5.74, 6) is -0.276. The molecule has 1 aliphatic heterocycles. The van der Waals surface area contributed by atoms with Crippen LogP contribution in [-0.2, 0) is 16.0 Å². The molecular formula is C17H24N4O2. The summed E-state index contributed by atoms with van der Waals surface area (Å²) in [6, 6.07) is 10.1. The van der Waals surface area contributed by atoms with Crippen LogP contribution in [0.5, 0.6) is 0 Å². The molecule has 1 aliphatic rings. The van der Waals surface area contributed by atoms with E-state index in [1.54, 1.807) is 0 Å². The van der Waals surface area contributed by atoms with Gasteiger partial charge in [-0.25, -0.2) is 0 Å². The van der Waals surface area contributed by atoms with E-state index >= 15 is 0 Å². The Labute approximate surface area is 136 Å². The highest BCUT2D eigenvalue weighted by atomic mass is 16.2. The lowest BCUT2D eigenvalue weighted by Crippen LogP contribution is -2.62. The second-order valence-electron chi connectivity index (χ2n) is 5.87. The maximum absolute atomic E-state index is 12.2. The number of likely N-dealkylation sites (tertiary alicyclic amines) is 1. The molecule has 0 radical (unpaired) electrons. The van der Waals surface area contributed by atoms with Crippen molar-refractivity contribution in [2.24, 2.45) is 22.4 Å². The standard InChI is InChI=1S/C17H24N4O2/c1-12(22)21-15(10-9-13-6-3-2-4-7-13)14(16(21)23)8-5-11-20-17(18)19/h2-4,6-7,14-15H,5,8-11H2,1H3,(H4,18,19,20)/t14-,15-/m0/s1. The van der Waals surface area contributed by atoms with Gasteiger partial charge >= 0.3 is 0 Å². The highest BCUT2D eigenvalue weighted by molar-refractivity contribution is 6.01. The van der Waals surface area contributed by atoms with Crippen molar-refractivity contribution in [2.45, 2.75) is 38.6 Å². The van der Waals surface area contributed by atoms with E-state index in [9.17, 15) is 9.59 Å². The Balaban J connectivity index is 1.92. The molecular weight excluding hydrogens is 292 g/mol. The molecule has 2 amide bonds. The first kappa shape index (κ1) is 17.0. The van der Waals surface area contributed by atoms with E-state index in [1.165, 1.54) is 17.4 Å². The first-order valence-corrected chi connectivity index (χ1v) is 7.93. The van der Waals surface area contributed by atoms with Gasteiger partial charge in [-0.15, -0.1) is 0 Å². The number of aryl methyl sites for hydroxylation is 1. The number of carbonyl (C=O) groups excluding carboxylic acids is 2. The second kappa shape index (κ2) is 7.76. The molecule has 1 saturated heterocycles. The first-order valence-electron chi connectivity index (χ1n) is 7.93. The number of β-lactam (4-membered cyclic amide) rings is 1. The van der Waals surface area contributed by atoms with Gasteiger partial charge in [0.1, 0.15) is 0 Å². The highest BCUT2D eigenvalue weighted by Crippen LogP contribution is 2.33. The monoisotopic (exact) mass is 316 g/mol. The molecule has 0 saturated carbocycles. The van der Waals surface area contributed by atoms with E-state index in [-0.39, 0.29) is 29.7 Å². The number of carbonyl (C=O) groups is 2. The van der Waals surface area contributed by atoms with Crippen LogP contribution in [0.2, 0.25) is 0 Å². The summed E-state index contributed by atoms with van der Waals surface area (Å²) >= 11 is 0. The lowest BCUT2D eigenvalue weighted by molar-refractivity contribution is -0.166. The van der Waals surface area contributed by atoms with E-state index in [2.05, 4.69) is 17.1 Å². The van der Waals surface area contributed by atoms with Crippen LogP contribution in [0.15, 0.2) is 35.3 Å². The summed E-state index contributed by atoms with van der Waals surface area (Å²) < 4.78 is 0. The number of nitrogens with zero attached hydrogens (tertiary/aromatic N) is 2. The molecule has 124 valence electrons. The van der Waals surface area contributed by atoms with Crippen LogP contribution in [0.3, 0.4) is 0 Å². The molecule has 0 spiro atoms. The maximum atomic E-state index is 12.2. The Kier molecular flexibility index (Phi) is 5.73. The zero-order valence-electron chi connectivity index (χ0n) is 13.4. The molecule has 1 aromatic carbocycles. The van der Waals surface area contributed by atoms with Gasteiger partial charge in [0, 0.05) is 13.5 Å². The predicted octanol–water partition coefficient (Wildman–Crippen LogP) is 1.05. The van der Waals surface area contributed by atoms with Crippen molar-refractivity contribution in [3.05, 3.63) is 35.9 Å². The van der Waals surface area contributed by atoms with Crippen LogP contribution in [0, 0.1) is 5.92 Å². The van der Waals surface area contributed by atoms with Gasteiger partial charge in [-0.1, -0.05) is 30.3 Å². The normalized spacial score (nSPS) is 20.0. The third kappa shape index (κ3) is 4.31. The minimum atomic E-state index is -0.173. The number of aliphatic imine (C=N–C) groups is 1. The number of imide groups is 1. The van der Waals surface area contributed by atoms with Gasteiger partial charge in [0.15, 0.2) is 5.96 Å². The average molecular weight is 316 g/mol. The highest BCUT2D eigenvalue weighted by Gasteiger charge is 2.48. The van der Waals surface area contributed by atoms with Gasteiger partial charge < -0.3 is 11.5 Å². The van der Waals surface area contributed by atoms with Gasteiger partial charge in [0.2, 0.25) is 11.8 Å². The Morgan fingerprint density at radius 1 is 1.22 bits per heavy atom. The molecule has 0 aliphatic carbocycles. The summed E-state index contributed by atoms with van der Waals surface area (Å²) in [5, 5.41) is 0. The molecule has 23 heavy (non-hydrogen) atoms. The Bertz CT molecular complexity index is 582. The van der Waals surface area contributed by atoms with Gasteiger partial charge in [-0.3, -0.25) is 19.5 Å². The molecule has 2 rings (SSSR count). The van der Waals surface area contributed by atoms with Crippen molar-refractivity contribution in [3.8, 4) is 0 Å². The number of hydrogen-bond acceptors (Lipinski definition) is 3. The summed E-state index contributed by atoms with van der Waals surface area (Å²) in [5.41, 5.74) is 11.8. The molecule has 0 bridgehead atoms. The topological polar surface area (TPSA) is 102 Å². The third-order valence-electron chi connectivity index (χ3n) is 4.23. The number of nitrogens with two attached hydrogens (primary N) is 2. The first-order chi connectivity index (χ1) is 11.0. The third-order valence-corrected chi connectivity index (χ3v) is 4.23. The van der Waals surface area contributed by atoms with E-state index in [0.29, 0.717) is 13.0 Å². The van der Waals surface area contributed by atoms with Gasteiger partial charge in [-0.2, -0.15) is 0 Å². The molecule has 0 unspecified atom stereocenters. The predicted molar refractivity (Wildman–Crippen MR) is 89.5 cm³/mol. The SMILES string of the molecule is CC(=O)N1C(=O)[C@@H](CCCN=C(N)N)[C@@H]1CCc1ccccc1. The van der Waals surface area contributed by atoms with Crippen molar-refractivity contribution >= 4 is 17.8 Å². The van der Waals surface area contributed by atoms with Gasteiger partial charge in [0.25, 0.3) is 0 Å². The molecule has 6 nitrogen and oxygen atoms in total. The average Bonchev–Trinajstić information content (AvgIpc) is 2.51. The lowest BCUT2D eigenvalue weighted by atomic mass is 9.80. The number of hydrogen-bond donors (Lipinski definition) is 2. The number of benzene rings is 1. The second-order valence-corrected chi connectivity index (χ2v) is 5.87. The van der Waals surface area contributed by atoms with Gasteiger partial charge in [-0.05, 0) is 31.2 Å². The molecule has 2 atom stereocenters. The van der Waals surface area contributed by atoms with Crippen LogP contribution in [-0.4, -0.2) is 35.3 Å². The van der Waals surface area contributed by atoms with Crippen molar-refractivity contribution in [3.63, 3.8) is 0 Å². The quantitative estimate of drug-likeness (QED) is 0.340. The van der Waals surface area contributed by atoms with E-state index < -0.39 is 0 Å². The Morgan fingerprint density at radius 3 is 2.52 bits per heavy atom. The number of amides is 2. The van der Waals surface area contributed by atoms with Crippen molar-refractivity contribution in [1.82, 2.24) is 4.90 Å². The molecule has 4 N–H and O–H groups in total.